The fourth-order valence-corrected chi connectivity index (χ4v) is 3.13. The highest BCUT2D eigenvalue weighted by atomic mass is 32.3. The van der Waals surface area contributed by atoms with Gasteiger partial charge in [0.1, 0.15) is 6.04 Å². The van der Waals surface area contributed by atoms with E-state index in [0.717, 1.165) is 11.4 Å². The van der Waals surface area contributed by atoms with Gasteiger partial charge in [0.15, 0.2) is 0 Å². The third-order valence-electron chi connectivity index (χ3n) is 4.01. The molecule has 4 N–H and O–H groups in total. The largest absolute Gasteiger partial charge is 0.418 e. The zero-order valence-electron chi connectivity index (χ0n) is 13.6. The average molecular weight is 379 g/mol. The predicted molar refractivity (Wildman–Crippen MR) is 82.8 cm³/mol. The van der Waals surface area contributed by atoms with Crippen LogP contribution in [0.25, 0.3) is 0 Å². The molecule has 0 saturated carbocycles. The maximum Gasteiger partial charge on any atom is 0.418 e. The minimum Gasteiger partial charge on any atom is -0.316 e. The summed E-state index contributed by atoms with van der Waals surface area (Å²) in [6, 6.07) is -1.78. The summed E-state index contributed by atoms with van der Waals surface area (Å²) >= 11 is 0. The molecule has 0 aliphatic carbocycles. The molecule has 2 aliphatic rings. The number of nitrogens with zero attached hydrogens (tertiary/aromatic N) is 2. The summed E-state index contributed by atoms with van der Waals surface area (Å²) in [5.74, 6) is -1.14. The lowest BCUT2D eigenvalue weighted by molar-refractivity contribution is -0.135. The van der Waals surface area contributed by atoms with E-state index in [9.17, 15) is 22.8 Å². The molecule has 142 valence electrons. The molecule has 2 atom stereocenters. The Bertz CT molecular complexity index is 634. The molecular formula is C12H21N5O7S. The minimum absolute atomic E-state index is 0.0573. The molecule has 12 nitrogen and oxygen atoms in total. The van der Waals surface area contributed by atoms with Gasteiger partial charge in [0.2, 0.25) is 5.91 Å². The van der Waals surface area contributed by atoms with E-state index in [1.165, 1.54) is 0 Å². The SMILES string of the molecule is CCN1C(=O)N(OS(=O)(=O)O)CC[C@H]1C(=O)NNC(=O)[C@@H]1CCNC1. The Kier molecular flexibility index (Phi) is 6.16. The topological polar surface area (TPSA) is 157 Å². The van der Waals surface area contributed by atoms with Crippen molar-refractivity contribution in [1.82, 2.24) is 26.1 Å². The number of nitrogens with one attached hydrogen (secondary N) is 3. The van der Waals surface area contributed by atoms with Crippen molar-refractivity contribution < 1.29 is 31.6 Å². The van der Waals surface area contributed by atoms with Crippen molar-refractivity contribution in [3.05, 3.63) is 0 Å². The summed E-state index contributed by atoms with van der Waals surface area (Å²) in [6.45, 7) is 2.75. The number of likely N-dealkylation sites (N-methyl/N-ethyl adjacent to an activating group) is 1. The summed E-state index contributed by atoms with van der Waals surface area (Å²) in [5, 5.41) is 3.50. The highest BCUT2D eigenvalue weighted by Gasteiger charge is 2.39. The van der Waals surface area contributed by atoms with Crippen LogP contribution in [0.15, 0.2) is 0 Å². The van der Waals surface area contributed by atoms with Gasteiger partial charge in [-0.1, -0.05) is 0 Å². The molecule has 2 rings (SSSR count). The fourth-order valence-electron chi connectivity index (χ4n) is 2.77. The number of carbonyl (C=O) groups is 3. The molecule has 2 saturated heterocycles. The second-order valence-electron chi connectivity index (χ2n) is 5.65. The number of hydroxylamine groups is 2. The van der Waals surface area contributed by atoms with Crippen molar-refractivity contribution >= 4 is 28.2 Å². The molecule has 0 radical (unpaired) electrons. The van der Waals surface area contributed by atoms with Gasteiger partial charge in [-0.2, -0.15) is 13.5 Å². The van der Waals surface area contributed by atoms with Crippen LogP contribution in [0.2, 0.25) is 0 Å². The van der Waals surface area contributed by atoms with Crippen LogP contribution in [0.3, 0.4) is 0 Å². The monoisotopic (exact) mass is 379 g/mol. The van der Waals surface area contributed by atoms with E-state index in [0.29, 0.717) is 18.0 Å². The van der Waals surface area contributed by atoms with E-state index in [2.05, 4.69) is 20.5 Å². The molecule has 2 fully saturated rings. The van der Waals surface area contributed by atoms with Gasteiger partial charge in [-0.15, -0.1) is 4.28 Å². The van der Waals surface area contributed by atoms with Gasteiger partial charge in [-0.05, 0) is 26.3 Å². The summed E-state index contributed by atoms with van der Waals surface area (Å²) in [6.07, 6.45) is 0.731. The smallest absolute Gasteiger partial charge is 0.316 e. The number of rotatable bonds is 5. The summed E-state index contributed by atoms with van der Waals surface area (Å²) in [7, 11) is -4.84. The Hall–Kier alpha value is -1.96. The third kappa shape index (κ3) is 5.01. The first-order valence-electron chi connectivity index (χ1n) is 7.78. The van der Waals surface area contributed by atoms with Crippen LogP contribution < -0.4 is 16.2 Å². The summed E-state index contributed by atoms with van der Waals surface area (Å²) in [5.41, 5.74) is 4.62. The van der Waals surface area contributed by atoms with Crippen molar-refractivity contribution in [3.8, 4) is 0 Å². The molecule has 0 aromatic carbocycles. The van der Waals surface area contributed by atoms with E-state index in [4.69, 9.17) is 4.55 Å². The molecule has 0 aromatic rings. The summed E-state index contributed by atoms with van der Waals surface area (Å²) < 4.78 is 34.4. The van der Waals surface area contributed by atoms with Gasteiger partial charge in [0.05, 0.1) is 12.5 Å². The third-order valence-corrected chi connectivity index (χ3v) is 4.38. The predicted octanol–water partition coefficient (Wildman–Crippen LogP) is -2.01. The van der Waals surface area contributed by atoms with E-state index in [1.807, 2.05) is 0 Å². The Labute approximate surface area is 144 Å². The maximum absolute atomic E-state index is 12.3. The van der Waals surface area contributed by atoms with Crippen molar-refractivity contribution in [2.75, 3.05) is 26.2 Å². The maximum atomic E-state index is 12.3. The number of carbonyl (C=O) groups excluding carboxylic acids is 3. The molecule has 0 spiro atoms. The normalized spacial score (nSPS) is 24.3. The van der Waals surface area contributed by atoms with E-state index < -0.39 is 28.4 Å². The van der Waals surface area contributed by atoms with E-state index >= 15 is 0 Å². The van der Waals surface area contributed by atoms with Crippen LogP contribution in [0.4, 0.5) is 4.79 Å². The first-order chi connectivity index (χ1) is 11.7. The van der Waals surface area contributed by atoms with Crippen molar-refractivity contribution in [2.24, 2.45) is 5.92 Å². The van der Waals surface area contributed by atoms with Crippen molar-refractivity contribution in [3.63, 3.8) is 0 Å². The molecule has 2 aliphatic heterocycles. The lowest BCUT2D eigenvalue weighted by Crippen LogP contribution is -2.61. The van der Waals surface area contributed by atoms with Gasteiger partial charge in [-0.3, -0.25) is 25.0 Å². The van der Waals surface area contributed by atoms with Crippen molar-refractivity contribution in [1.29, 1.82) is 0 Å². The molecule has 2 heterocycles. The summed E-state index contributed by atoms with van der Waals surface area (Å²) in [4.78, 5) is 37.4. The zero-order chi connectivity index (χ0) is 18.6. The average Bonchev–Trinajstić information content (AvgIpc) is 3.07. The molecule has 0 bridgehead atoms. The zero-order valence-corrected chi connectivity index (χ0v) is 14.4. The van der Waals surface area contributed by atoms with Crippen LogP contribution in [-0.4, -0.2) is 73.0 Å². The lowest BCUT2D eigenvalue weighted by Gasteiger charge is -2.38. The molecular weight excluding hydrogens is 358 g/mol. The van der Waals surface area contributed by atoms with Gasteiger partial charge >= 0.3 is 16.4 Å². The van der Waals surface area contributed by atoms with Crippen LogP contribution in [0.1, 0.15) is 19.8 Å². The minimum atomic E-state index is -4.84. The van der Waals surface area contributed by atoms with Crippen LogP contribution in [0, 0.1) is 5.92 Å². The van der Waals surface area contributed by atoms with Gasteiger partial charge < -0.3 is 10.2 Å². The van der Waals surface area contributed by atoms with Gasteiger partial charge in [-0.25, -0.2) is 4.79 Å². The number of hydrogen-bond acceptors (Lipinski definition) is 7. The standard InChI is InChI=1S/C12H21N5O7S/c1-2-16-9(4-6-17(12(16)20)24-25(21,22)23)11(19)15-14-10(18)8-3-5-13-7-8/h8-9,13H,2-7H2,1H3,(H,14,18)(H,15,19)(H,21,22,23)/t8-,9+/m1/s1. The first-order valence-corrected chi connectivity index (χ1v) is 9.15. The van der Waals surface area contributed by atoms with Crippen molar-refractivity contribution in [2.45, 2.75) is 25.8 Å². The molecule has 25 heavy (non-hydrogen) atoms. The van der Waals surface area contributed by atoms with Crippen LogP contribution in [0.5, 0.6) is 0 Å². The number of hydrazine groups is 1. The quantitative estimate of drug-likeness (QED) is 0.315. The molecule has 13 heteroatoms. The fraction of sp³-hybridized carbons (Fsp3) is 0.750. The number of amides is 4. The Morgan fingerprint density at radius 2 is 2.00 bits per heavy atom. The number of urea groups is 1. The Balaban J connectivity index is 1.93. The van der Waals surface area contributed by atoms with Gasteiger partial charge in [0, 0.05) is 13.1 Å². The second kappa shape index (κ2) is 7.95. The Morgan fingerprint density at radius 1 is 1.32 bits per heavy atom. The van der Waals surface area contributed by atoms with Crippen LogP contribution >= 0.6 is 0 Å². The molecule has 4 amide bonds. The lowest BCUT2D eigenvalue weighted by atomic mass is 10.1. The second-order valence-corrected chi connectivity index (χ2v) is 6.65. The highest BCUT2D eigenvalue weighted by Crippen LogP contribution is 2.17. The Morgan fingerprint density at radius 3 is 2.56 bits per heavy atom. The van der Waals surface area contributed by atoms with Gasteiger partial charge in [0.25, 0.3) is 5.91 Å². The number of hydrogen-bond donors (Lipinski definition) is 4. The first kappa shape index (κ1) is 19.4. The van der Waals surface area contributed by atoms with E-state index in [-0.39, 0.29) is 31.3 Å². The van der Waals surface area contributed by atoms with E-state index in [1.54, 1.807) is 6.92 Å². The highest BCUT2D eigenvalue weighted by molar-refractivity contribution is 7.80. The molecule has 0 aromatic heterocycles. The van der Waals surface area contributed by atoms with Crippen LogP contribution in [-0.2, 0) is 24.3 Å². The molecule has 0 unspecified atom stereocenters.